The Kier molecular flexibility index (Phi) is 34.1. The van der Waals surface area contributed by atoms with Crippen LogP contribution in [0.1, 0.15) is 286 Å². The van der Waals surface area contributed by atoms with Crippen LogP contribution in [0.3, 0.4) is 0 Å². The number of carbonyl (C=O) groups excluding carboxylic acids is 4. The zero-order chi connectivity index (χ0) is 101. The van der Waals surface area contributed by atoms with Crippen LogP contribution in [-0.4, -0.2) is 162 Å². The van der Waals surface area contributed by atoms with Crippen molar-refractivity contribution >= 4 is 115 Å². The molecule has 13 aromatic rings. The van der Waals surface area contributed by atoms with Gasteiger partial charge in [-0.2, -0.15) is 0 Å². The summed E-state index contributed by atoms with van der Waals surface area (Å²) >= 11 is 25.2. The van der Waals surface area contributed by atoms with Gasteiger partial charge in [-0.15, -0.1) is 0 Å². The van der Waals surface area contributed by atoms with Crippen molar-refractivity contribution in [2.45, 2.75) is 241 Å². The number of aryl methyl sites for hydroxylation is 4. The molecule has 8 atom stereocenters. The van der Waals surface area contributed by atoms with Crippen LogP contribution in [-0.2, 0) is 9.47 Å². The minimum Gasteiger partial charge on any atom is -0.490 e. The van der Waals surface area contributed by atoms with Gasteiger partial charge in [0.05, 0.1) is 91.6 Å². The number of anilines is 4. The van der Waals surface area contributed by atoms with Crippen LogP contribution >= 0.6 is 46.4 Å². The minimum atomic E-state index is -0.865. The summed E-state index contributed by atoms with van der Waals surface area (Å²) < 4.78 is 104. The van der Waals surface area contributed by atoms with Crippen molar-refractivity contribution in [1.82, 2.24) is 78.7 Å². The van der Waals surface area contributed by atoms with E-state index < -0.39 is 82.7 Å². The molecule has 39 heteroatoms. The molecule has 8 aromatic heterocycles. The highest BCUT2D eigenvalue weighted by atomic mass is 35.5. The Morgan fingerprint density at radius 3 is 1.11 bits per heavy atom. The number of nitrogens with one attached hydrogen (secondary N) is 4. The van der Waals surface area contributed by atoms with Crippen molar-refractivity contribution in [2.24, 2.45) is 5.92 Å². The number of nitrogens with two attached hydrogens (primary N) is 4. The van der Waals surface area contributed by atoms with E-state index in [2.05, 4.69) is 46.2 Å². The molecule has 3 aliphatic rings. The van der Waals surface area contributed by atoms with Crippen LogP contribution in [0.2, 0.25) is 20.1 Å². The summed E-state index contributed by atoms with van der Waals surface area (Å²) in [6.45, 7) is 34.1. The van der Waals surface area contributed by atoms with Crippen LogP contribution in [0.5, 0.6) is 23.0 Å². The van der Waals surface area contributed by atoms with Gasteiger partial charge >= 0.3 is 0 Å². The molecule has 0 spiro atoms. The van der Waals surface area contributed by atoms with Gasteiger partial charge in [-0.05, 0) is 177 Å². The Morgan fingerprint density at radius 2 is 0.786 bits per heavy atom. The van der Waals surface area contributed by atoms with Crippen molar-refractivity contribution in [1.29, 1.82) is 0 Å². The van der Waals surface area contributed by atoms with Crippen molar-refractivity contribution < 1.29 is 70.3 Å². The number of fused-ring (bicyclic) bond motifs is 4. The lowest BCUT2D eigenvalue weighted by molar-refractivity contribution is 0.0635. The number of nitrogens with zero attached hydrogens (tertiary/aromatic N) is 12. The number of hydrogen-bond donors (Lipinski definition) is 9. The maximum atomic E-state index is 15.5. The van der Waals surface area contributed by atoms with Gasteiger partial charge in [0, 0.05) is 128 Å². The van der Waals surface area contributed by atoms with E-state index in [-0.39, 0.29) is 108 Å². The zero-order valence-corrected chi connectivity index (χ0v) is 84.3. The summed E-state index contributed by atoms with van der Waals surface area (Å²) in [7, 11) is 0. The molecule has 8 unspecified atom stereocenters. The largest absolute Gasteiger partial charge is 0.490 e. The Morgan fingerprint density at radius 1 is 0.450 bits per heavy atom. The summed E-state index contributed by atoms with van der Waals surface area (Å²) in [4.78, 5) is 88.5. The number of ether oxygens (including phenoxy) is 6. The smallest absolute Gasteiger partial charge is 0.258 e. The lowest BCUT2D eigenvalue weighted by atomic mass is 9.95. The molecule has 13 N–H and O–H groups in total. The second kappa shape index (κ2) is 45.5. The number of nitrogen functional groups attached to an aromatic ring is 4. The van der Waals surface area contributed by atoms with E-state index in [1.165, 1.54) is 24.3 Å². The Hall–Kier alpha value is -12.4. The van der Waals surface area contributed by atoms with Gasteiger partial charge in [-0.25, -0.2) is 57.4 Å². The van der Waals surface area contributed by atoms with E-state index in [9.17, 15) is 24.3 Å². The van der Waals surface area contributed by atoms with Crippen molar-refractivity contribution in [3.8, 4) is 23.0 Å². The summed E-state index contributed by atoms with van der Waals surface area (Å²) in [6.07, 6.45) is 17.9. The molecular formula is C101H120Cl4F4N20O11. The fourth-order valence-corrected chi connectivity index (χ4v) is 18.8. The molecule has 1 saturated carbocycles. The minimum absolute atomic E-state index is 0.0858. The summed E-state index contributed by atoms with van der Waals surface area (Å²) in [5.74, 6) is -2.43. The average Bonchev–Trinajstić information content (AvgIpc) is 1.57. The predicted molar refractivity (Wildman–Crippen MR) is 533 cm³/mol. The molecule has 3 fully saturated rings. The molecule has 2 saturated heterocycles. The van der Waals surface area contributed by atoms with Crippen LogP contribution < -0.4 is 63.1 Å². The third-order valence-electron chi connectivity index (χ3n) is 24.8. The Bertz CT molecular complexity index is 6730. The summed E-state index contributed by atoms with van der Waals surface area (Å²) in [6, 6.07) is 14.6. The molecule has 140 heavy (non-hydrogen) atoms. The standard InChI is InChI=1S/C27H29ClFN5O2.C26H33ClFN5O3.2C24H29ClFN5O3/c1-14(2)36-24-19(15(3)26-32-17(5)23-25(30)31-11-12-34(23)26)13-20(28)22(29)21(24)27(35)33-16(4)18-9-7-6-8-10-18;1-14(2)36-23-18(15(3)25-32-16(4)22-24(29)30-9-10-33(22)25)13-19(27)21(28)20(23)26(34)31-8-5-17-6-11-35-12-7-17;1-12(2)34-21-16(13(3)23-30-14(4)20-22(27)28-7-8-31(20)23)10-17(25)19(26)18(21)24(32)29-11-15-6-5-9-33-15;1-11(2)34-21-14(12(3)23-29-13(4)20-22(27)28-8-9-31(20)23)10-15(25)19(26)18(21)24(33)30-16-6-5-7-17(16)32/h6-16H,1-5H3,(H2,30,31)(H,33,35);9-10,13-15,17H,5-8,11-12H2,1-4H3,(H2,29,30)(H,31,34);7-8,10,12-13,15H,5-6,9,11H2,1-4H3,(H2,27,28)(H,29,32);8-12,16-17,32H,5-7H2,1-4H3,(H2,27,28)(H,30,33). The first-order valence-corrected chi connectivity index (χ1v) is 48.3. The number of halogens is 8. The number of carbonyl (C=O) groups is 4. The molecule has 0 radical (unpaired) electrons. The Labute approximate surface area is 829 Å². The third kappa shape index (κ3) is 22.9. The Balaban J connectivity index is 0.000000157. The van der Waals surface area contributed by atoms with Gasteiger partial charge in [0.15, 0.2) is 23.3 Å². The topological polar surface area (TPSA) is 417 Å². The molecule has 2 aliphatic heterocycles. The maximum Gasteiger partial charge on any atom is 0.258 e. The van der Waals surface area contributed by atoms with E-state index in [4.69, 9.17) is 113 Å². The van der Waals surface area contributed by atoms with E-state index >= 15 is 17.6 Å². The maximum absolute atomic E-state index is 15.5. The van der Waals surface area contributed by atoms with Crippen LogP contribution in [0, 0.1) is 56.9 Å². The van der Waals surface area contributed by atoms with E-state index in [1.807, 2.05) is 152 Å². The van der Waals surface area contributed by atoms with Crippen molar-refractivity contribution in [2.75, 3.05) is 55.8 Å². The van der Waals surface area contributed by atoms with Gasteiger partial charge in [0.1, 0.15) is 114 Å². The fraction of sp³-hybridized carbons (Fsp3) is 0.426. The predicted octanol–water partition coefficient (Wildman–Crippen LogP) is 19.0. The summed E-state index contributed by atoms with van der Waals surface area (Å²) in [5.41, 5.74) is 32.0. The van der Waals surface area contributed by atoms with Crippen LogP contribution in [0.4, 0.5) is 40.8 Å². The van der Waals surface area contributed by atoms with Gasteiger partial charge < -0.3 is 77.7 Å². The number of hydrogen-bond acceptors (Lipinski definition) is 23. The van der Waals surface area contributed by atoms with Gasteiger partial charge in [0.2, 0.25) is 0 Å². The summed E-state index contributed by atoms with van der Waals surface area (Å²) in [5, 5.41) is 20.7. The molecule has 10 heterocycles. The first-order valence-electron chi connectivity index (χ1n) is 46.8. The number of rotatable bonds is 28. The molecule has 5 aromatic carbocycles. The highest BCUT2D eigenvalue weighted by molar-refractivity contribution is 6.32. The van der Waals surface area contributed by atoms with E-state index in [0.717, 1.165) is 57.3 Å². The monoisotopic (exact) mass is 2000 g/mol. The quantitative estimate of drug-likeness (QED) is 0.0206. The number of amides is 4. The van der Waals surface area contributed by atoms with Crippen molar-refractivity contribution in [3.63, 3.8) is 0 Å². The molecule has 4 amide bonds. The lowest BCUT2D eigenvalue weighted by Crippen LogP contribution is -2.40. The van der Waals surface area contributed by atoms with E-state index in [0.29, 0.717) is 146 Å². The van der Waals surface area contributed by atoms with Gasteiger partial charge in [0.25, 0.3) is 23.6 Å². The third-order valence-corrected chi connectivity index (χ3v) is 25.9. The van der Waals surface area contributed by atoms with Crippen molar-refractivity contribution in [3.05, 3.63) is 244 Å². The zero-order valence-electron chi connectivity index (χ0n) is 81.2. The number of imidazole rings is 4. The van der Waals surface area contributed by atoms with Gasteiger partial charge in [-0.3, -0.25) is 36.8 Å². The second-order valence-electron chi connectivity index (χ2n) is 36.4. The second-order valence-corrected chi connectivity index (χ2v) is 38.0. The normalized spacial score (nSPS) is 16.1. The lowest BCUT2D eigenvalue weighted by Gasteiger charge is -2.24. The molecule has 31 nitrogen and oxygen atoms in total. The highest BCUT2D eigenvalue weighted by Gasteiger charge is 2.38. The molecule has 1 aliphatic carbocycles. The van der Waals surface area contributed by atoms with Crippen LogP contribution in [0.25, 0.3) is 22.1 Å². The molecule has 0 bridgehead atoms. The average molecular weight is 2010 g/mol. The van der Waals surface area contributed by atoms with Crippen LogP contribution in [0.15, 0.2) is 104 Å². The number of aromatic nitrogens is 12. The first kappa shape index (κ1) is 105. The SMILES string of the molecule is Cc1nc(C(C)c2cc(Cl)c(F)c(C(=O)NC(C)c3ccccc3)c2OC(C)C)n2ccnc(N)c12.Cc1nc(C(C)c2cc(Cl)c(F)c(C(=O)NC3CCCC3O)c2OC(C)C)n2ccnc(N)c12.Cc1nc(C(C)c2cc(Cl)c(F)c(C(=O)NCC3CCCO3)c2OC(C)C)n2ccnc(N)c12.Cc1nc(C(C)c2cc(Cl)c(F)c(C(=O)NCCC3CCOCC3)c2OC(C)C)n2ccnc(N)c12. The number of aliphatic hydroxyl groups excluding tert-OH is 1. The molecule has 746 valence electrons. The fourth-order valence-electron chi connectivity index (χ4n) is 18.0. The first-order chi connectivity index (χ1) is 66.6. The van der Waals surface area contributed by atoms with E-state index in [1.54, 1.807) is 63.4 Å². The van der Waals surface area contributed by atoms with Gasteiger partial charge in [-0.1, -0.05) is 104 Å². The number of aliphatic hydroxyl groups is 1. The molecular weight excluding hydrogens is 1890 g/mol. The molecule has 16 rings (SSSR count). The highest BCUT2D eigenvalue weighted by Crippen LogP contribution is 2.46. The number of benzene rings is 5.